The van der Waals surface area contributed by atoms with Crippen LogP contribution in [0.3, 0.4) is 0 Å². The number of hydrogen-bond acceptors (Lipinski definition) is 3. The van der Waals surface area contributed by atoms with Crippen molar-refractivity contribution in [2.24, 2.45) is 7.05 Å². The molecule has 2 heterocycles. The number of anilines is 1. The van der Waals surface area contributed by atoms with Crippen LogP contribution in [0.1, 0.15) is 18.4 Å². The van der Waals surface area contributed by atoms with E-state index in [1.165, 1.54) is 23.7 Å². The van der Waals surface area contributed by atoms with Crippen molar-refractivity contribution in [2.75, 3.05) is 18.0 Å². The Balaban J connectivity index is 2.11. The van der Waals surface area contributed by atoms with Crippen LogP contribution >= 0.6 is 0 Å². The molecule has 1 aromatic heterocycles. The predicted molar refractivity (Wildman–Crippen MR) is 82.9 cm³/mol. The highest BCUT2D eigenvalue weighted by atomic mass is 19.1. The van der Waals surface area contributed by atoms with Crippen LogP contribution in [0, 0.1) is 11.6 Å². The highest BCUT2D eigenvalue weighted by Gasteiger charge is 2.19. The Kier molecular flexibility index (Phi) is 4.02. The van der Waals surface area contributed by atoms with E-state index in [0.29, 0.717) is 5.82 Å². The van der Waals surface area contributed by atoms with Gasteiger partial charge in [0, 0.05) is 37.8 Å². The number of halogens is 2. The predicted octanol–water partition coefficient (Wildman–Crippen LogP) is 1.47. The molecule has 3 rings (SSSR count). The fourth-order valence-electron chi connectivity index (χ4n) is 2.84. The lowest BCUT2D eigenvalue weighted by Gasteiger charge is -2.23. The van der Waals surface area contributed by atoms with Gasteiger partial charge >= 0.3 is 5.69 Å². The lowest BCUT2D eigenvalue weighted by atomic mass is 10.2. The molecule has 5 nitrogen and oxygen atoms in total. The largest absolute Gasteiger partial charge is 0.358 e. The molecule has 0 amide bonds. The van der Waals surface area contributed by atoms with Gasteiger partial charge in [-0.05, 0) is 18.9 Å². The first kappa shape index (κ1) is 15.5. The summed E-state index contributed by atoms with van der Waals surface area (Å²) in [6, 6.07) is 4.66. The molecule has 1 fully saturated rings. The second-order valence-electron chi connectivity index (χ2n) is 5.70. The standard InChI is InChI=1S/C16H17F2N3O2/c1-19-15(22)9-14(20-6-2-3-7-20)21(16(19)23)10-11-4-5-12(17)8-13(11)18/h4-5,8-9H,2-3,6-7,10H2,1H3. The third kappa shape index (κ3) is 2.91. The van der Waals surface area contributed by atoms with Crippen molar-refractivity contribution >= 4 is 5.82 Å². The topological polar surface area (TPSA) is 47.2 Å². The third-order valence-electron chi connectivity index (χ3n) is 4.15. The van der Waals surface area contributed by atoms with Crippen LogP contribution in [0.4, 0.5) is 14.6 Å². The van der Waals surface area contributed by atoms with E-state index in [4.69, 9.17) is 0 Å². The summed E-state index contributed by atoms with van der Waals surface area (Å²) in [6.07, 6.45) is 1.96. The van der Waals surface area contributed by atoms with E-state index in [0.717, 1.165) is 42.6 Å². The van der Waals surface area contributed by atoms with Crippen molar-refractivity contribution in [3.8, 4) is 0 Å². The Bertz CT molecular complexity index is 851. The van der Waals surface area contributed by atoms with Gasteiger partial charge < -0.3 is 4.90 Å². The lowest BCUT2D eigenvalue weighted by molar-refractivity contribution is 0.557. The van der Waals surface area contributed by atoms with Gasteiger partial charge in [-0.3, -0.25) is 13.9 Å². The van der Waals surface area contributed by atoms with Gasteiger partial charge in [0.25, 0.3) is 5.56 Å². The number of benzene rings is 1. The van der Waals surface area contributed by atoms with Crippen molar-refractivity contribution in [1.29, 1.82) is 0 Å². The molecule has 2 aromatic rings. The molecule has 23 heavy (non-hydrogen) atoms. The Labute approximate surface area is 131 Å². The van der Waals surface area contributed by atoms with Crippen LogP contribution in [0.5, 0.6) is 0 Å². The molecule has 0 aliphatic carbocycles. The molecule has 1 saturated heterocycles. The van der Waals surface area contributed by atoms with Crippen molar-refractivity contribution < 1.29 is 8.78 Å². The maximum absolute atomic E-state index is 13.9. The Morgan fingerprint density at radius 2 is 1.78 bits per heavy atom. The summed E-state index contributed by atoms with van der Waals surface area (Å²) in [6.45, 7) is 1.45. The molecule has 0 radical (unpaired) electrons. The minimum atomic E-state index is -0.710. The smallest absolute Gasteiger partial charge is 0.332 e. The molecule has 0 saturated carbocycles. The van der Waals surface area contributed by atoms with Gasteiger partial charge in [-0.1, -0.05) is 6.07 Å². The summed E-state index contributed by atoms with van der Waals surface area (Å²) in [4.78, 5) is 26.3. The van der Waals surface area contributed by atoms with Crippen molar-refractivity contribution in [1.82, 2.24) is 9.13 Å². The van der Waals surface area contributed by atoms with Crippen molar-refractivity contribution in [2.45, 2.75) is 19.4 Å². The summed E-state index contributed by atoms with van der Waals surface area (Å²) >= 11 is 0. The minimum Gasteiger partial charge on any atom is -0.358 e. The van der Waals surface area contributed by atoms with Crippen LogP contribution in [-0.2, 0) is 13.6 Å². The Morgan fingerprint density at radius 1 is 1.09 bits per heavy atom. The zero-order chi connectivity index (χ0) is 16.6. The maximum atomic E-state index is 13.9. The Hall–Kier alpha value is -2.44. The van der Waals surface area contributed by atoms with Gasteiger partial charge in [0.15, 0.2) is 0 Å². The van der Waals surface area contributed by atoms with E-state index in [1.807, 2.05) is 4.90 Å². The van der Waals surface area contributed by atoms with E-state index in [9.17, 15) is 18.4 Å². The van der Waals surface area contributed by atoms with Crippen molar-refractivity contribution in [3.05, 3.63) is 62.3 Å². The van der Waals surface area contributed by atoms with Gasteiger partial charge in [0.2, 0.25) is 0 Å². The first-order chi connectivity index (χ1) is 11.0. The lowest BCUT2D eigenvalue weighted by Crippen LogP contribution is -2.41. The number of hydrogen-bond donors (Lipinski definition) is 0. The van der Waals surface area contributed by atoms with E-state index in [-0.39, 0.29) is 12.1 Å². The zero-order valence-corrected chi connectivity index (χ0v) is 12.8. The molecule has 7 heteroatoms. The second kappa shape index (κ2) is 5.98. The van der Waals surface area contributed by atoms with Crippen LogP contribution < -0.4 is 16.1 Å². The van der Waals surface area contributed by atoms with E-state index in [2.05, 4.69) is 0 Å². The van der Waals surface area contributed by atoms with Crippen LogP contribution in [0.15, 0.2) is 33.9 Å². The molecule has 0 spiro atoms. The van der Waals surface area contributed by atoms with Crippen molar-refractivity contribution in [3.63, 3.8) is 0 Å². The van der Waals surface area contributed by atoms with Gasteiger partial charge in [0.05, 0.1) is 6.54 Å². The molecular formula is C16H17F2N3O2. The van der Waals surface area contributed by atoms with Gasteiger partial charge in [0.1, 0.15) is 17.5 Å². The van der Waals surface area contributed by atoms with E-state index < -0.39 is 22.9 Å². The monoisotopic (exact) mass is 321 g/mol. The zero-order valence-electron chi connectivity index (χ0n) is 12.8. The average molecular weight is 321 g/mol. The summed E-state index contributed by atoms with van der Waals surface area (Å²) in [5.41, 5.74) is -0.705. The first-order valence-corrected chi connectivity index (χ1v) is 7.47. The minimum absolute atomic E-state index is 0.0507. The molecule has 122 valence electrons. The van der Waals surface area contributed by atoms with E-state index >= 15 is 0 Å². The Morgan fingerprint density at radius 3 is 2.43 bits per heavy atom. The summed E-state index contributed by atoms with van der Waals surface area (Å²) in [5.74, 6) is -0.892. The molecular weight excluding hydrogens is 304 g/mol. The maximum Gasteiger partial charge on any atom is 0.332 e. The summed E-state index contributed by atoms with van der Waals surface area (Å²) < 4.78 is 29.3. The molecule has 0 unspecified atom stereocenters. The summed E-state index contributed by atoms with van der Waals surface area (Å²) in [7, 11) is 1.38. The number of nitrogens with zero attached hydrogens (tertiary/aromatic N) is 3. The summed E-state index contributed by atoms with van der Waals surface area (Å²) in [5, 5.41) is 0. The molecule has 0 atom stereocenters. The van der Waals surface area contributed by atoms with E-state index in [1.54, 1.807) is 0 Å². The first-order valence-electron chi connectivity index (χ1n) is 7.47. The molecule has 1 aliphatic rings. The van der Waals surface area contributed by atoms with Gasteiger partial charge in [-0.25, -0.2) is 13.6 Å². The number of aromatic nitrogens is 2. The highest BCUT2D eigenvalue weighted by Crippen LogP contribution is 2.19. The normalized spacial score (nSPS) is 14.5. The molecule has 1 aromatic carbocycles. The van der Waals surface area contributed by atoms with Crippen LogP contribution in [0.2, 0.25) is 0 Å². The third-order valence-corrected chi connectivity index (χ3v) is 4.15. The molecule has 1 aliphatic heterocycles. The molecule has 0 N–H and O–H groups in total. The molecule has 0 bridgehead atoms. The van der Waals surface area contributed by atoms with Crippen LogP contribution in [0.25, 0.3) is 0 Å². The fraction of sp³-hybridized carbons (Fsp3) is 0.375. The van der Waals surface area contributed by atoms with Gasteiger partial charge in [-0.2, -0.15) is 0 Å². The second-order valence-corrected chi connectivity index (χ2v) is 5.70. The quantitative estimate of drug-likeness (QED) is 0.860. The number of rotatable bonds is 3. The SMILES string of the molecule is Cn1c(=O)cc(N2CCCC2)n(Cc2ccc(F)cc2F)c1=O. The highest BCUT2D eigenvalue weighted by molar-refractivity contribution is 5.40. The average Bonchev–Trinajstić information content (AvgIpc) is 3.04. The van der Waals surface area contributed by atoms with Gasteiger partial charge in [-0.15, -0.1) is 0 Å². The fourth-order valence-corrected chi connectivity index (χ4v) is 2.84. The van der Waals surface area contributed by atoms with Crippen LogP contribution in [-0.4, -0.2) is 22.2 Å².